The molecule has 2 bridgehead atoms. The van der Waals surface area contributed by atoms with Gasteiger partial charge in [0.2, 0.25) is 5.43 Å². The molecule has 8 nitrogen and oxygen atoms in total. The molecule has 3 atom stereocenters. The lowest BCUT2D eigenvalue weighted by atomic mass is 10.0. The van der Waals surface area contributed by atoms with Crippen LogP contribution < -0.4 is 10.7 Å². The van der Waals surface area contributed by atoms with E-state index in [9.17, 15) is 28.3 Å². The predicted octanol–water partition coefficient (Wildman–Crippen LogP) is 1.98. The molecule has 0 unspecified atom stereocenters. The minimum Gasteiger partial charge on any atom is -0.503 e. The standard InChI is InChI=1S/C23H21F2N3O5/c24-11-1-4-15(16(25)7-11)23(5-6-23)26-21(31)14-9-27-10-17-28(12-2-3-13(8-12)33-17)22(32)18(27)20(30)19(14)29/h1,4,7,9,12-13,17,30H,2-3,5-6,8,10H2,(H,26,31)/t12-,13+,17+/m1/s1. The lowest BCUT2D eigenvalue weighted by Crippen LogP contribution is -2.57. The van der Waals surface area contributed by atoms with Gasteiger partial charge >= 0.3 is 0 Å². The number of ether oxygens (including phenoxy) is 1. The Morgan fingerprint density at radius 1 is 1.21 bits per heavy atom. The fourth-order valence-electron chi connectivity index (χ4n) is 5.46. The van der Waals surface area contributed by atoms with Crippen LogP contribution in [-0.4, -0.2) is 44.8 Å². The van der Waals surface area contributed by atoms with Crippen LogP contribution in [-0.2, 0) is 16.8 Å². The summed E-state index contributed by atoms with van der Waals surface area (Å²) in [6.07, 6.45) is 4.02. The second kappa shape index (κ2) is 6.86. The molecule has 6 rings (SSSR count). The molecule has 2 N–H and O–H groups in total. The first-order valence-corrected chi connectivity index (χ1v) is 11.0. The largest absolute Gasteiger partial charge is 0.503 e. The van der Waals surface area contributed by atoms with E-state index in [2.05, 4.69) is 5.32 Å². The van der Waals surface area contributed by atoms with E-state index in [4.69, 9.17) is 4.74 Å². The third kappa shape index (κ3) is 3.00. The van der Waals surface area contributed by atoms with Crippen LogP contribution in [0, 0.1) is 11.6 Å². The summed E-state index contributed by atoms with van der Waals surface area (Å²) in [4.78, 5) is 40.6. The van der Waals surface area contributed by atoms with E-state index in [1.807, 2.05) is 0 Å². The normalized spacial score (nSPS) is 26.5. The van der Waals surface area contributed by atoms with E-state index in [-0.39, 0.29) is 35.5 Å². The Kier molecular flexibility index (Phi) is 4.23. The van der Waals surface area contributed by atoms with Crippen LogP contribution in [0.5, 0.6) is 5.75 Å². The quantitative estimate of drug-likeness (QED) is 0.734. The van der Waals surface area contributed by atoms with Crippen LogP contribution in [0.3, 0.4) is 0 Å². The molecule has 3 heterocycles. The van der Waals surface area contributed by atoms with E-state index >= 15 is 0 Å². The molecule has 4 aliphatic rings. The maximum absolute atomic E-state index is 14.3. The van der Waals surface area contributed by atoms with Gasteiger partial charge in [0.1, 0.15) is 17.2 Å². The number of fused-ring (bicyclic) bond motifs is 5. The van der Waals surface area contributed by atoms with Crippen molar-refractivity contribution in [1.29, 1.82) is 0 Å². The average molecular weight is 457 g/mol. The van der Waals surface area contributed by atoms with Gasteiger partial charge in [-0.15, -0.1) is 0 Å². The molecule has 172 valence electrons. The van der Waals surface area contributed by atoms with Gasteiger partial charge in [0.05, 0.1) is 18.2 Å². The fourth-order valence-corrected chi connectivity index (χ4v) is 5.46. The molecule has 3 fully saturated rings. The van der Waals surface area contributed by atoms with Crippen molar-refractivity contribution in [2.75, 3.05) is 0 Å². The minimum absolute atomic E-state index is 0.00723. The first kappa shape index (κ1) is 20.3. The Morgan fingerprint density at radius 3 is 2.73 bits per heavy atom. The molecule has 1 saturated heterocycles. The molecular weight excluding hydrogens is 436 g/mol. The van der Waals surface area contributed by atoms with Gasteiger partial charge in [-0.25, -0.2) is 8.78 Å². The maximum Gasteiger partial charge on any atom is 0.276 e. The second-order valence-electron chi connectivity index (χ2n) is 9.27. The summed E-state index contributed by atoms with van der Waals surface area (Å²) in [7, 11) is 0. The molecule has 2 aliphatic carbocycles. The van der Waals surface area contributed by atoms with Gasteiger partial charge in [-0.1, -0.05) is 6.07 Å². The van der Waals surface area contributed by atoms with Crippen molar-refractivity contribution in [2.24, 2.45) is 0 Å². The molecule has 33 heavy (non-hydrogen) atoms. The van der Waals surface area contributed by atoms with E-state index in [1.54, 1.807) is 4.90 Å². The summed E-state index contributed by atoms with van der Waals surface area (Å²) in [5.74, 6) is -3.60. The van der Waals surface area contributed by atoms with Crippen molar-refractivity contribution in [3.8, 4) is 5.75 Å². The van der Waals surface area contributed by atoms with Crippen LogP contribution in [0.4, 0.5) is 8.78 Å². The van der Waals surface area contributed by atoms with Crippen molar-refractivity contribution < 1.29 is 28.2 Å². The van der Waals surface area contributed by atoms with Gasteiger partial charge in [-0.2, -0.15) is 0 Å². The monoisotopic (exact) mass is 457 g/mol. The van der Waals surface area contributed by atoms with Gasteiger partial charge in [-0.05, 0) is 38.2 Å². The van der Waals surface area contributed by atoms with Crippen molar-refractivity contribution in [2.45, 2.75) is 62.6 Å². The van der Waals surface area contributed by atoms with E-state index in [1.165, 1.54) is 16.8 Å². The smallest absolute Gasteiger partial charge is 0.276 e. The number of aromatic nitrogens is 1. The van der Waals surface area contributed by atoms with Crippen molar-refractivity contribution in [3.05, 3.63) is 63.1 Å². The van der Waals surface area contributed by atoms with Gasteiger partial charge in [0, 0.05) is 23.9 Å². The number of hydrogen-bond donors (Lipinski definition) is 2. The van der Waals surface area contributed by atoms with Crippen LogP contribution in [0.15, 0.2) is 29.2 Å². The predicted molar refractivity (Wildman–Crippen MR) is 110 cm³/mol. The summed E-state index contributed by atoms with van der Waals surface area (Å²) in [6.45, 7) is 0.180. The first-order valence-electron chi connectivity index (χ1n) is 11.0. The average Bonchev–Trinajstić information content (AvgIpc) is 3.44. The molecule has 1 aromatic heterocycles. The summed E-state index contributed by atoms with van der Waals surface area (Å²) in [6, 6.07) is 3.14. The van der Waals surface area contributed by atoms with Crippen molar-refractivity contribution in [1.82, 2.24) is 14.8 Å². The second-order valence-corrected chi connectivity index (χ2v) is 9.27. The van der Waals surface area contributed by atoms with E-state index < -0.39 is 46.4 Å². The number of halogens is 2. The number of nitrogens with one attached hydrogen (secondary N) is 1. The van der Waals surface area contributed by atoms with Crippen LogP contribution in [0.2, 0.25) is 0 Å². The molecule has 2 amide bonds. The SMILES string of the molecule is O=C(NC1(c2ccc(F)cc2F)CC1)c1cn2c(c(O)c1=O)C(=O)N1[C@@H]3CC[C@@H](C3)O[C@H]1C2. The lowest BCUT2D eigenvalue weighted by molar-refractivity contribution is -0.132. The molecule has 1 aromatic carbocycles. The Labute approximate surface area is 186 Å². The van der Waals surface area contributed by atoms with Crippen LogP contribution >= 0.6 is 0 Å². The van der Waals surface area contributed by atoms with Gasteiger partial charge in [0.25, 0.3) is 11.8 Å². The molecule has 0 spiro atoms. The van der Waals surface area contributed by atoms with Gasteiger partial charge < -0.3 is 24.6 Å². The highest BCUT2D eigenvalue weighted by molar-refractivity contribution is 5.99. The fraction of sp³-hybridized carbons (Fsp3) is 0.435. The Morgan fingerprint density at radius 2 is 2.00 bits per heavy atom. The van der Waals surface area contributed by atoms with Crippen LogP contribution in [0.1, 0.15) is 58.5 Å². The van der Waals surface area contributed by atoms with Gasteiger partial charge in [-0.3, -0.25) is 14.4 Å². The number of pyridine rings is 1. The number of rotatable bonds is 3. The van der Waals surface area contributed by atoms with E-state index in [0.29, 0.717) is 12.8 Å². The van der Waals surface area contributed by atoms with Gasteiger partial charge in [0.15, 0.2) is 17.7 Å². The Hall–Kier alpha value is -3.27. The highest BCUT2D eigenvalue weighted by Crippen LogP contribution is 2.47. The number of nitrogens with zero attached hydrogens (tertiary/aromatic N) is 2. The summed E-state index contributed by atoms with van der Waals surface area (Å²) >= 11 is 0. The Bertz CT molecular complexity index is 1270. The number of amides is 2. The first-order chi connectivity index (χ1) is 15.8. The van der Waals surface area contributed by atoms with Crippen LogP contribution in [0.25, 0.3) is 0 Å². The number of benzene rings is 1. The highest BCUT2D eigenvalue weighted by Gasteiger charge is 2.49. The summed E-state index contributed by atoms with van der Waals surface area (Å²) in [5.41, 5.74) is -2.40. The molecular formula is C23H21F2N3O5. The molecule has 2 saturated carbocycles. The van der Waals surface area contributed by atoms with Crippen molar-refractivity contribution in [3.63, 3.8) is 0 Å². The number of carbonyl (C=O) groups excluding carboxylic acids is 2. The molecule has 2 aliphatic heterocycles. The van der Waals surface area contributed by atoms with Crippen molar-refractivity contribution >= 4 is 11.8 Å². The third-order valence-electron chi connectivity index (χ3n) is 7.25. The summed E-state index contributed by atoms with van der Waals surface area (Å²) in [5, 5.41) is 13.3. The topological polar surface area (TPSA) is 101 Å². The third-order valence-corrected chi connectivity index (χ3v) is 7.25. The maximum atomic E-state index is 14.3. The zero-order valence-corrected chi connectivity index (χ0v) is 17.5. The lowest BCUT2D eigenvalue weighted by Gasteiger charge is -2.44. The number of hydrogen-bond acceptors (Lipinski definition) is 5. The Balaban J connectivity index is 1.34. The molecule has 0 radical (unpaired) electrons. The molecule has 10 heteroatoms. The number of carbonyl (C=O) groups is 2. The zero-order chi connectivity index (χ0) is 23.1. The summed E-state index contributed by atoms with van der Waals surface area (Å²) < 4.78 is 35.0. The number of aromatic hydroxyl groups is 1. The van der Waals surface area contributed by atoms with E-state index in [0.717, 1.165) is 31.4 Å². The minimum atomic E-state index is -1.05. The molecule has 2 aromatic rings. The highest BCUT2D eigenvalue weighted by atomic mass is 19.1. The zero-order valence-electron chi connectivity index (χ0n) is 17.5.